The average Bonchev–Trinajstić information content (AvgIpc) is 2.97. The Morgan fingerprint density at radius 2 is 1.92 bits per heavy atom. The van der Waals surface area contributed by atoms with E-state index in [1.807, 2.05) is 0 Å². The second kappa shape index (κ2) is 12.3. The Hall–Kier alpha value is -0.0800. The van der Waals surface area contributed by atoms with Crippen molar-refractivity contribution >= 4 is 29.9 Å². The van der Waals surface area contributed by atoms with Crippen LogP contribution in [0.5, 0.6) is 0 Å². The molecule has 2 rings (SSSR count). The minimum absolute atomic E-state index is 0. The van der Waals surface area contributed by atoms with Gasteiger partial charge in [-0.25, -0.2) is 0 Å². The van der Waals surface area contributed by atoms with Crippen molar-refractivity contribution in [2.75, 3.05) is 53.1 Å². The number of hydrogen-bond donors (Lipinski definition) is 1. The van der Waals surface area contributed by atoms with Gasteiger partial charge in [-0.1, -0.05) is 19.3 Å². The third kappa shape index (κ3) is 7.04. The van der Waals surface area contributed by atoms with Gasteiger partial charge in [0.25, 0.3) is 0 Å². The van der Waals surface area contributed by atoms with E-state index in [2.05, 4.69) is 17.1 Å². The Morgan fingerprint density at radius 3 is 2.62 bits per heavy atom. The SMILES string of the molecule is CCNC(=NCCCOCCOC)N1CCC2(CCCCC2)C1.I. The van der Waals surface area contributed by atoms with E-state index in [1.54, 1.807) is 7.11 Å². The van der Waals surface area contributed by atoms with E-state index in [4.69, 9.17) is 14.5 Å². The van der Waals surface area contributed by atoms with Crippen LogP contribution in [0, 0.1) is 5.41 Å². The number of nitrogens with zero attached hydrogens (tertiary/aromatic N) is 2. The molecule has 2 fully saturated rings. The Balaban J connectivity index is 0.00000288. The topological polar surface area (TPSA) is 46.1 Å². The van der Waals surface area contributed by atoms with Gasteiger partial charge in [0.05, 0.1) is 13.2 Å². The molecule has 1 aliphatic heterocycles. The normalized spacial score (nSPS) is 20.2. The lowest BCUT2D eigenvalue weighted by atomic mass is 9.73. The fourth-order valence-corrected chi connectivity index (χ4v) is 3.85. The predicted molar refractivity (Wildman–Crippen MR) is 110 cm³/mol. The molecule has 1 saturated heterocycles. The molecule has 0 amide bonds. The molecule has 24 heavy (non-hydrogen) atoms. The summed E-state index contributed by atoms with van der Waals surface area (Å²) >= 11 is 0. The van der Waals surface area contributed by atoms with Crippen LogP contribution >= 0.6 is 24.0 Å². The van der Waals surface area contributed by atoms with Crippen molar-refractivity contribution in [3.8, 4) is 0 Å². The second-order valence-electron chi connectivity index (χ2n) is 6.93. The third-order valence-electron chi connectivity index (χ3n) is 5.13. The molecule has 0 aromatic carbocycles. The summed E-state index contributed by atoms with van der Waals surface area (Å²) in [6.07, 6.45) is 9.40. The molecule has 1 spiro atoms. The fraction of sp³-hybridized carbons (Fsp3) is 0.944. The zero-order valence-electron chi connectivity index (χ0n) is 15.5. The van der Waals surface area contributed by atoms with E-state index in [-0.39, 0.29) is 24.0 Å². The molecule has 6 heteroatoms. The summed E-state index contributed by atoms with van der Waals surface area (Å²) in [6.45, 7) is 8.38. The zero-order valence-corrected chi connectivity index (χ0v) is 17.8. The molecule has 1 N–H and O–H groups in total. The van der Waals surface area contributed by atoms with Crippen LogP contribution in [0.4, 0.5) is 0 Å². The molecule has 5 nitrogen and oxygen atoms in total. The van der Waals surface area contributed by atoms with Crippen LogP contribution in [0.25, 0.3) is 0 Å². The molecule has 0 aromatic rings. The highest BCUT2D eigenvalue weighted by Crippen LogP contribution is 2.43. The molecule has 1 aliphatic carbocycles. The van der Waals surface area contributed by atoms with Gasteiger partial charge in [0.2, 0.25) is 0 Å². The lowest BCUT2D eigenvalue weighted by Gasteiger charge is -2.33. The van der Waals surface area contributed by atoms with Gasteiger partial charge in [0.15, 0.2) is 5.96 Å². The largest absolute Gasteiger partial charge is 0.382 e. The first kappa shape index (κ1) is 22.0. The molecule has 2 aliphatic rings. The van der Waals surface area contributed by atoms with Crippen LogP contribution in [-0.2, 0) is 9.47 Å². The van der Waals surface area contributed by atoms with E-state index in [9.17, 15) is 0 Å². The standard InChI is InChI=1S/C18H35N3O2.HI/c1-3-19-17(20-11-7-13-23-15-14-22-2)21-12-10-18(16-21)8-5-4-6-9-18;/h3-16H2,1-2H3,(H,19,20);1H. The Bertz CT molecular complexity index is 360. The third-order valence-corrected chi connectivity index (χ3v) is 5.13. The lowest BCUT2D eigenvalue weighted by molar-refractivity contribution is 0.0702. The summed E-state index contributed by atoms with van der Waals surface area (Å²) in [5.74, 6) is 1.10. The van der Waals surface area contributed by atoms with Gasteiger partial charge in [-0.05, 0) is 38.0 Å². The molecule has 142 valence electrons. The van der Waals surface area contributed by atoms with Crippen molar-refractivity contribution < 1.29 is 9.47 Å². The maximum Gasteiger partial charge on any atom is 0.193 e. The highest BCUT2D eigenvalue weighted by molar-refractivity contribution is 14.0. The minimum Gasteiger partial charge on any atom is -0.382 e. The molecule has 0 bridgehead atoms. The van der Waals surface area contributed by atoms with Gasteiger partial charge in [-0.15, -0.1) is 24.0 Å². The molecular weight excluding hydrogens is 417 g/mol. The van der Waals surface area contributed by atoms with Crippen molar-refractivity contribution in [1.29, 1.82) is 0 Å². The summed E-state index contributed by atoms with van der Waals surface area (Å²) in [6, 6.07) is 0. The van der Waals surface area contributed by atoms with E-state index in [0.29, 0.717) is 18.6 Å². The van der Waals surface area contributed by atoms with Crippen molar-refractivity contribution in [1.82, 2.24) is 10.2 Å². The summed E-state index contributed by atoms with van der Waals surface area (Å²) in [4.78, 5) is 7.30. The van der Waals surface area contributed by atoms with Gasteiger partial charge >= 0.3 is 0 Å². The van der Waals surface area contributed by atoms with E-state index in [0.717, 1.165) is 38.6 Å². The number of ether oxygens (including phenoxy) is 2. The average molecular weight is 453 g/mol. The molecule has 0 aromatic heterocycles. The second-order valence-corrected chi connectivity index (χ2v) is 6.93. The first-order valence-electron chi connectivity index (χ1n) is 9.40. The summed E-state index contributed by atoms with van der Waals surface area (Å²) in [5.41, 5.74) is 0.581. The number of aliphatic imine (C=N–C) groups is 1. The number of halogens is 1. The van der Waals surface area contributed by atoms with Crippen LogP contribution in [0.3, 0.4) is 0 Å². The number of guanidine groups is 1. The Labute approximate surface area is 165 Å². The van der Waals surface area contributed by atoms with Gasteiger partial charge in [-0.3, -0.25) is 4.99 Å². The van der Waals surface area contributed by atoms with Crippen molar-refractivity contribution in [2.24, 2.45) is 10.4 Å². The van der Waals surface area contributed by atoms with Crippen molar-refractivity contribution in [2.45, 2.75) is 51.9 Å². The van der Waals surface area contributed by atoms with Gasteiger partial charge in [0, 0.05) is 39.9 Å². The fourth-order valence-electron chi connectivity index (χ4n) is 3.85. The summed E-state index contributed by atoms with van der Waals surface area (Å²) < 4.78 is 10.5. The zero-order chi connectivity index (χ0) is 16.4. The van der Waals surface area contributed by atoms with Gasteiger partial charge < -0.3 is 19.7 Å². The van der Waals surface area contributed by atoms with Gasteiger partial charge in [-0.2, -0.15) is 0 Å². The van der Waals surface area contributed by atoms with Crippen molar-refractivity contribution in [3.05, 3.63) is 0 Å². The first-order chi connectivity index (χ1) is 11.3. The first-order valence-corrected chi connectivity index (χ1v) is 9.40. The smallest absolute Gasteiger partial charge is 0.193 e. The molecule has 0 unspecified atom stereocenters. The van der Waals surface area contributed by atoms with E-state index < -0.39 is 0 Å². The van der Waals surface area contributed by atoms with Crippen LogP contribution in [0.15, 0.2) is 4.99 Å². The summed E-state index contributed by atoms with van der Waals surface area (Å²) in [5, 5.41) is 3.47. The quantitative estimate of drug-likeness (QED) is 0.265. The predicted octanol–water partition coefficient (Wildman–Crippen LogP) is 3.28. The lowest BCUT2D eigenvalue weighted by Crippen LogP contribution is -2.41. The number of likely N-dealkylation sites (tertiary alicyclic amines) is 1. The molecule has 0 radical (unpaired) electrons. The van der Waals surface area contributed by atoms with Crippen LogP contribution in [-0.4, -0.2) is 64.0 Å². The monoisotopic (exact) mass is 453 g/mol. The molecular formula is C18H36IN3O2. The van der Waals surface area contributed by atoms with E-state index >= 15 is 0 Å². The number of methoxy groups -OCH3 is 1. The highest BCUT2D eigenvalue weighted by Gasteiger charge is 2.39. The number of hydrogen-bond acceptors (Lipinski definition) is 3. The minimum atomic E-state index is 0. The maximum absolute atomic E-state index is 5.50. The van der Waals surface area contributed by atoms with Crippen LogP contribution in [0.2, 0.25) is 0 Å². The maximum atomic E-state index is 5.50. The van der Waals surface area contributed by atoms with Gasteiger partial charge in [0.1, 0.15) is 0 Å². The molecule has 1 saturated carbocycles. The Kier molecular flexibility index (Phi) is 11.3. The van der Waals surface area contributed by atoms with Crippen LogP contribution < -0.4 is 5.32 Å². The van der Waals surface area contributed by atoms with Crippen LogP contribution in [0.1, 0.15) is 51.9 Å². The number of rotatable bonds is 8. The number of nitrogens with one attached hydrogen (secondary N) is 1. The molecule has 0 atom stereocenters. The molecule has 1 heterocycles. The Morgan fingerprint density at radius 1 is 1.12 bits per heavy atom. The van der Waals surface area contributed by atoms with E-state index in [1.165, 1.54) is 45.1 Å². The van der Waals surface area contributed by atoms with Crippen molar-refractivity contribution in [3.63, 3.8) is 0 Å². The highest BCUT2D eigenvalue weighted by atomic mass is 127. The summed E-state index contributed by atoms with van der Waals surface area (Å²) in [7, 11) is 1.70.